The number of hydrogen-bond acceptors (Lipinski definition) is 4. The van der Waals surface area contributed by atoms with Crippen LogP contribution in [0.25, 0.3) is 0 Å². The third kappa shape index (κ3) is 8.25. The predicted molar refractivity (Wildman–Crippen MR) is 156 cm³/mol. The van der Waals surface area contributed by atoms with Gasteiger partial charge in [-0.05, 0) is 48.2 Å². The van der Waals surface area contributed by atoms with Crippen molar-refractivity contribution >= 4 is 39.1 Å². The molecule has 1 atom stereocenters. The summed E-state index contributed by atoms with van der Waals surface area (Å²) in [6.45, 7) is 4.96. The smallest absolute Gasteiger partial charge is 0.354 e. The van der Waals surface area contributed by atoms with Gasteiger partial charge < -0.3 is 10.2 Å². The molecule has 0 heterocycles. The lowest BCUT2D eigenvalue weighted by Gasteiger charge is -2.33. The minimum Gasteiger partial charge on any atom is -0.354 e. The van der Waals surface area contributed by atoms with Crippen molar-refractivity contribution in [2.75, 3.05) is 17.4 Å². The lowest BCUT2D eigenvalue weighted by Crippen LogP contribution is -2.52. The second kappa shape index (κ2) is 14.1. The minimum absolute atomic E-state index is 0.0389. The Morgan fingerprint density at radius 1 is 0.952 bits per heavy atom. The molecule has 3 aromatic carbocycles. The second-order valence-electron chi connectivity index (χ2n) is 10.1. The average Bonchev–Trinajstić information content (AvgIpc) is 2.95. The summed E-state index contributed by atoms with van der Waals surface area (Å²) < 4.78 is 69.2. The molecule has 0 aliphatic heterocycles. The van der Waals surface area contributed by atoms with E-state index in [2.05, 4.69) is 5.32 Å². The molecule has 0 unspecified atom stereocenters. The molecule has 0 saturated carbocycles. The Kier molecular flexibility index (Phi) is 11.0. The summed E-state index contributed by atoms with van der Waals surface area (Å²) in [6, 6.07) is 17.1. The zero-order chi connectivity index (χ0) is 31.1. The first-order valence-electron chi connectivity index (χ1n) is 13.3. The molecule has 0 spiro atoms. The summed E-state index contributed by atoms with van der Waals surface area (Å²) in [5, 5.41) is 2.52. The molecule has 3 aromatic rings. The van der Waals surface area contributed by atoms with Gasteiger partial charge in [-0.1, -0.05) is 80.9 Å². The molecular weight excluding hydrogens is 591 g/mol. The van der Waals surface area contributed by atoms with Crippen LogP contribution >= 0.6 is 11.6 Å². The summed E-state index contributed by atoms with van der Waals surface area (Å²) in [5.74, 6) is -1.08. The van der Waals surface area contributed by atoms with Gasteiger partial charge in [0.2, 0.25) is 11.8 Å². The third-order valence-electron chi connectivity index (χ3n) is 6.42. The Morgan fingerprint density at radius 3 is 2.10 bits per heavy atom. The Hall–Kier alpha value is -3.57. The van der Waals surface area contributed by atoms with Gasteiger partial charge in [-0.25, -0.2) is 8.42 Å². The van der Waals surface area contributed by atoms with Crippen LogP contribution in [0.4, 0.5) is 18.9 Å². The van der Waals surface area contributed by atoms with Crippen molar-refractivity contribution in [3.05, 3.63) is 95.0 Å². The van der Waals surface area contributed by atoms with E-state index in [-0.39, 0.29) is 28.8 Å². The van der Waals surface area contributed by atoms with Crippen LogP contribution in [-0.4, -0.2) is 44.3 Å². The monoisotopic (exact) mass is 623 g/mol. The van der Waals surface area contributed by atoms with Gasteiger partial charge in [-0.15, -0.1) is 0 Å². The van der Waals surface area contributed by atoms with Crippen molar-refractivity contribution in [3.8, 4) is 0 Å². The fourth-order valence-electron chi connectivity index (χ4n) is 4.24. The molecule has 0 aliphatic carbocycles. The molecule has 42 heavy (non-hydrogen) atoms. The van der Waals surface area contributed by atoms with E-state index in [4.69, 9.17) is 11.6 Å². The summed E-state index contributed by atoms with van der Waals surface area (Å²) >= 11 is 6.28. The van der Waals surface area contributed by atoms with Crippen molar-refractivity contribution in [3.63, 3.8) is 0 Å². The van der Waals surface area contributed by atoms with Crippen molar-refractivity contribution < 1.29 is 31.2 Å². The van der Waals surface area contributed by atoms with Gasteiger partial charge in [-0.3, -0.25) is 13.9 Å². The van der Waals surface area contributed by atoms with Crippen molar-refractivity contribution in [2.45, 2.75) is 50.9 Å². The van der Waals surface area contributed by atoms with Crippen LogP contribution in [0.3, 0.4) is 0 Å². The molecule has 0 saturated heterocycles. The van der Waals surface area contributed by atoms with E-state index in [1.165, 1.54) is 29.2 Å². The van der Waals surface area contributed by atoms with Gasteiger partial charge in [-0.2, -0.15) is 13.2 Å². The van der Waals surface area contributed by atoms with Crippen molar-refractivity contribution in [1.29, 1.82) is 0 Å². The molecule has 226 valence electrons. The van der Waals surface area contributed by atoms with Gasteiger partial charge in [0.25, 0.3) is 10.0 Å². The molecule has 0 aliphatic rings. The summed E-state index contributed by atoms with van der Waals surface area (Å²) in [4.78, 5) is 28.2. The number of nitrogens with one attached hydrogen (secondary N) is 1. The quantitative estimate of drug-likeness (QED) is 0.263. The molecule has 3 rings (SSSR count). The summed E-state index contributed by atoms with van der Waals surface area (Å²) in [6.07, 6.45) is -4.59. The van der Waals surface area contributed by atoms with Crippen LogP contribution in [0.2, 0.25) is 5.02 Å². The number of amides is 2. The highest BCUT2D eigenvalue weighted by molar-refractivity contribution is 7.92. The highest BCUT2D eigenvalue weighted by Gasteiger charge is 2.37. The number of nitrogens with zero attached hydrogens (tertiary/aromatic N) is 2. The third-order valence-corrected chi connectivity index (χ3v) is 8.51. The number of benzene rings is 3. The number of alkyl halides is 3. The number of anilines is 1. The van der Waals surface area contributed by atoms with Crippen LogP contribution in [0.5, 0.6) is 0 Å². The van der Waals surface area contributed by atoms with E-state index >= 15 is 0 Å². The fraction of sp³-hybridized carbons (Fsp3) is 0.333. The maximum absolute atomic E-state index is 14.0. The Bertz CT molecular complexity index is 1470. The van der Waals surface area contributed by atoms with E-state index in [1.54, 1.807) is 43.3 Å². The predicted octanol–water partition coefficient (Wildman–Crippen LogP) is 6.13. The summed E-state index contributed by atoms with van der Waals surface area (Å²) in [7, 11) is -4.58. The van der Waals surface area contributed by atoms with Gasteiger partial charge in [0, 0.05) is 13.1 Å². The van der Waals surface area contributed by atoms with Crippen molar-refractivity contribution in [1.82, 2.24) is 10.2 Å². The number of sulfonamides is 1. The van der Waals surface area contributed by atoms with E-state index < -0.39 is 51.9 Å². The van der Waals surface area contributed by atoms with Gasteiger partial charge >= 0.3 is 6.18 Å². The molecule has 0 fully saturated rings. The average molecular weight is 624 g/mol. The minimum atomic E-state index is -4.80. The molecule has 12 heteroatoms. The zero-order valence-electron chi connectivity index (χ0n) is 23.4. The molecule has 1 N–H and O–H groups in total. The molecule has 0 radical (unpaired) electrons. The van der Waals surface area contributed by atoms with Crippen LogP contribution in [-0.2, 0) is 32.3 Å². The van der Waals surface area contributed by atoms with Crippen LogP contribution < -0.4 is 9.62 Å². The van der Waals surface area contributed by atoms with Crippen LogP contribution in [0.1, 0.15) is 38.3 Å². The van der Waals surface area contributed by atoms with E-state index in [9.17, 15) is 31.2 Å². The molecule has 7 nitrogen and oxygen atoms in total. The number of rotatable bonds is 12. The molecule has 0 aromatic heterocycles. The zero-order valence-corrected chi connectivity index (χ0v) is 25.0. The second-order valence-corrected chi connectivity index (χ2v) is 12.3. The van der Waals surface area contributed by atoms with E-state index in [1.807, 2.05) is 13.8 Å². The van der Waals surface area contributed by atoms with Gasteiger partial charge in [0.05, 0.1) is 21.2 Å². The maximum atomic E-state index is 14.0. The lowest BCUT2D eigenvalue weighted by molar-refractivity contribution is -0.140. The van der Waals surface area contributed by atoms with Crippen molar-refractivity contribution in [2.24, 2.45) is 5.92 Å². The number of halogens is 4. The Labute approximate surface area is 249 Å². The maximum Gasteiger partial charge on any atom is 0.416 e. The number of carbonyl (C=O) groups excluding carboxylic acids is 2. The van der Waals surface area contributed by atoms with Crippen LogP contribution in [0, 0.1) is 5.92 Å². The lowest BCUT2D eigenvalue weighted by atomic mass is 10.1. The first-order valence-corrected chi connectivity index (χ1v) is 15.1. The topological polar surface area (TPSA) is 86.8 Å². The number of carbonyl (C=O) groups is 2. The van der Waals surface area contributed by atoms with Crippen LogP contribution in [0.15, 0.2) is 83.8 Å². The Morgan fingerprint density at radius 2 is 1.55 bits per heavy atom. The summed E-state index contributed by atoms with van der Waals surface area (Å²) in [5.41, 5.74) is -0.973. The van der Waals surface area contributed by atoms with Gasteiger partial charge in [0.15, 0.2) is 0 Å². The molecular formula is C30H33ClF3N3O4S. The molecule has 0 bridgehead atoms. The number of hydrogen-bond donors (Lipinski definition) is 1. The highest BCUT2D eigenvalue weighted by atomic mass is 35.5. The first kappa shape index (κ1) is 32.9. The SMILES string of the molecule is CC[C@H](C(=O)NCC(C)C)N(Cc1ccccc1)C(=O)CN(c1cc(C(F)(F)F)ccc1Cl)S(=O)(=O)c1ccccc1. The van der Waals surface area contributed by atoms with E-state index in [0.29, 0.717) is 22.5 Å². The fourth-order valence-corrected chi connectivity index (χ4v) is 5.95. The highest BCUT2D eigenvalue weighted by Crippen LogP contribution is 2.37. The largest absolute Gasteiger partial charge is 0.416 e. The standard InChI is InChI=1S/C30H33ClF3N3O4S/c1-4-26(29(39)35-18-21(2)3)36(19-22-11-7-5-8-12-22)28(38)20-37(42(40,41)24-13-9-6-10-14-24)27-17-23(30(32,33)34)15-16-25(27)31/h5-17,21,26H,4,18-20H2,1-3H3,(H,35,39)/t26-/m1/s1. The van der Waals surface area contributed by atoms with E-state index in [0.717, 1.165) is 12.1 Å². The first-order chi connectivity index (χ1) is 19.8. The molecule has 2 amide bonds. The Balaban J connectivity index is 2.12. The van der Waals surface area contributed by atoms with Gasteiger partial charge in [0.1, 0.15) is 12.6 Å². The normalized spacial score (nSPS) is 12.6.